The standard InChI is InChI=1S/C15H20N2O3S/c18-14(19)8-10-4-6-17(9-10)15(20)16-12-2-1-3-13-11(12)5-7-21-13/h5,7,10,12H,1-4,6,8-9H2,(H,16,20)(H,18,19). The molecule has 2 atom stereocenters. The summed E-state index contributed by atoms with van der Waals surface area (Å²) >= 11 is 1.77. The smallest absolute Gasteiger partial charge is 0.317 e. The molecule has 0 aromatic carbocycles. The van der Waals surface area contributed by atoms with Gasteiger partial charge in [0.25, 0.3) is 0 Å². The zero-order valence-corrected chi connectivity index (χ0v) is 12.7. The average Bonchev–Trinajstić information content (AvgIpc) is 3.07. The van der Waals surface area contributed by atoms with Crippen molar-refractivity contribution in [1.29, 1.82) is 0 Å². The van der Waals surface area contributed by atoms with E-state index >= 15 is 0 Å². The van der Waals surface area contributed by atoms with Crippen LogP contribution in [0.5, 0.6) is 0 Å². The Hall–Kier alpha value is -1.56. The molecule has 2 amide bonds. The van der Waals surface area contributed by atoms with Gasteiger partial charge in [-0.25, -0.2) is 4.79 Å². The summed E-state index contributed by atoms with van der Waals surface area (Å²) in [4.78, 5) is 26.2. The zero-order chi connectivity index (χ0) is 14.8. The summed E-state index contributed by atoms with van der Waals surface area (Å²) in [5, 5.41) is 14.0. The topological polar surface area (TPSA) is 69.6 Å². The van der Waals surface area contributed by atoms with Crippen LogP contribution in [0.15, 0.2) is 11.4 Å². The van der Waals surface area contributed by atoms with Crippen molar-refractivity contribution < 1.29 is 14.7 Å². The number of carbonyl (C=O) groups is 2. The molecule has 1 aromatic heterocycles. The zero-order valence-electron chi connectivity index (χ0n) is 11.9. The lowest BCUT2D eigenvalue weighted by atomic mass is 9.94. The van der Waals surface area contributed by atoms with Crippen LogP contribution >= 0.6 is 11.3 Å². The van der Waals surface area contributed by atoms with Crippen LogP contribution in [0.3, 0.4) is 0 Å². The van der Waals surface area contributed by atoms with E-state index < -0.39 is 5.97 Å². The van der Waals surface area contributed by atoms with E-state index in [9.17, 15) is 9.59 Å². The van der Waals surface area contributed by atoms with Gasteiger partial charge in [-0.15, -0.1) is 11.3 Å². The quantitative estimate of drug-likeness (QED) is 0.902. The van der Waals surface area contributed by atoms with Crippen molar-refractivity contribution in [2.75, 3.05) is 13.1 Å². The van der Waals surface area contributed by atoms with Crippen LogP contribution in [0.1, 0.15) is 42.2 Å². The lowest BCUT2D eigenvalue weighted by molar-refractivity contribution is -0.138. The summed E-state index contributed by atoms with van der Waals surface area (Å²) in [5.74, 6) is -0.686. The number of nitrogens with one attached hydrogen (secondary N) is 1. The molecule has 0 spiro atoms. The van der Waals surface area contributed by atoms with Crippen molar-refractivity contribution in [3.05, 3.63) is 21.9 Å². The molecule has 21 heavy (non-hydrogen) atoms. The number of thiophene rings is 1. The highest BCUT2D eigenvalue weighted by atomic mass is 32.1. The fourth-order valence-electron chi connectivity index (χ4n) is 3.31. The van der Waals surface area contributed by atoms with Crippen molar-refractivity contribution in [3.8, 4) is 0 Å². The molecule has 1 fully saturated rings. The van der Waals surface area contributed by atoms with Crippen LogP contribution in [-0.4, -0.2) is 35.1 Å². The van der Waals surface area contributed by atoms with Crippen LogP contribution < -0.4 is 5.32 Å². The number of aliphatic carboxylic acids is 1. The Labute approximate surface area is 128 Å². The monoisotopic (exact) mass is 308 g/mol. The van der Waals surface area contributed by atoms with Gasteiger partial charge in [-0.1, -0.05) is 0 Å². The number of hydrogen-bond acceptors (Lipinski definition) is 3. The summed E-state index contributed by atoms with van der Waals surface area (Å²) in [7, 11) is 0. The normalized spacial score (nSPS) is 24.7. The van der Waals surface area contributed by atoms with E-state index in [0.29, 0.717) is 13.1 Å². The van der Waals surface area contributed by atoms with E-state index in [4.69, 9.17) is 5.11 Å². The molecule has 1 aliphatic carbocycles. The van der Waals surface area contributed by atoms with E-state index in [-0.39, 0.29) is 24.4 Å². The second-order valence-electron chi connectivity index (χ2n) is 5.89. The van der Waals surface area contributed by atoms with Crippen molar-refractivity contribution >= 4 is 23.3 Å². The molecule has 5 nitrogen and oxygen atoms in total. The maximum absolute atomic E-state index is 12.3. The van der Waals surface area contributed by atoms with Gasteiger partial charge in [0.05, 0.1) is 6.04 Å². The van der Waals surface area contributed by atoms with E-state index in [1.807, 2.05) is 0 Å². The molecule has 2 aliphatic rings. The van der Waals surface area contributed by atoms with Crippen LogP contribution in [0.2, 0.25) is 0 Å². The maximum Gasteiger partial charge on any atom is 0.317 e. The number of amides is 2. The third kappa shape index (κ3) is 3.20. The highest BCUT2D eigenvalue weighted by Gasteiger charge is 2.30. The van der Waals surface area contributed by atoms with E-state index in [1.54, 1.807) is 16.2 Å². The van der Waals surface area contributed by atoms with E-state index in [1.165, 1.54) is 10.4 Å². The highest BCUT2D eigenvalue weighted by molar-refractivity contribution is 7.10. The molecule has 2 unspecified atom stereocenters. The molecule has 1 aliphatic heterocycles. The molecule has 3 rings (SSSR count). The first-order valence-corrected chi connectivity index (χ1v) is 8.35. The van der Waals surface area contributed by atoms with Gasteiger partial charge in [0.15, 0.2) is 0 Å². The number of fused-ring (bicyclic) bond motifs is 1. The fourth-order valence-corrected chi connectivity index (χ4v) is 4.29. The van der Waals surface area contributed by atoms with Crippen molar-refractivity contribution in [1.82, 2.24) is 10.2 Å². The molecule has 2 heterocycles. The minimum Gasteiger partial charge on any atom is -0.481 e. The van der Waals surface area contributed by atoms with Crippen LogP contribution in [0, 0.1) is 5.92 Å². The van der Waals surface area contributed by atoms with Crippen molar-refractivity contribution in [2.45, 2.75) is 38.1 Å². The van der Waals surface area contributed by atoms with Gasteiger partial charge in [-0.2, -0.15) is 0 Å². The van der Waals surface area contributed by atoms with Crippen molar-refractivity contribution in [3.63, 3.8) is 0 Å². The van der Waals surface area contributed by atoms with Gasteiger partial charge in [0.1, 0.15) is 0 Å². The van der Waals surface area contributed by atoms with E-state index in [0.717, 1.165) is 25.7 Å². The summed E-state index contributed by atoms with van der Waals surface area (Å²) in [5.41, 5.74) is 1.26. The molecule has 1 aromatic rings. The fraction of sp³-hybridized carbons (Fsp3) is 0.600. The van der Waals surface area contributed by atoms with Gasteiger partial charge in [0.2, 0.25) is 0 Å². The Kier molecular flexibility index (Phi) is 4.14. The molecule has 0 radical (unpaired) electrons. The predicted molar refractivity (Wildman–Crippen MR) is 80.5 cm³/mol. The molecule has 1 saturated heterocycles. The molecular weight excluding hydrogens is 288 g/mol. The Morgan fingerprint density at radius 2 is 2.29 bits per heavy atom. The second-order valence-corrected chi connectivity index (χ2v) is 6.89. The summed E-state index contributed by atoms with van der Waals surface area (Å²) in [6, 6.07) is 2.18. The van der Waals surface area contributed by atoms with Crippen LogP contribution in [0.25, 0.3) is 0 Å². The number of likely N-dealkylation sites (tertiary alicyclic amines) is 1. The largest absolute Gasteiger partial charge is 0.481 e. The molecule has 0 saturated carbocycles. The average molecular weight is 308 g/mol. The Bertz CT molecular complexity index is 543. The third-order valence-corrected chi connectivity index (χ3v) is 5.38. The Morgan fingerprint density at radius 1 is 1.43 bits per heavy atom. The first kappa shape index (κ1) is 14.4. The molecule has 114 valence electrons. The number of aryl methyl sites for hydroxylation is 1. The minimum absolute atomic E-state index is 0.0491. The predicted octanol–water partition coefficient (Wildman–Crippen LogP) is 2.63. The van der Waals surface area contributed by atoms with Gasteiger partial charge in [-0.3, -0.25) is 4.79 Å². The van der Waals surface area contributed by atoms with Crippen molar-refractivity contribution in [2.24, 2.45) is 5.92 Å². The number of carboxylic acid groups (broad SMARTS) is 1. The molecule has 6 heteroatoms. The Balaban J connectivity index is 1.57. The second kappa shape index (κ2) is 6.05. The first-order valence-electron chi connectivity index (χ1n) is 7.47. The number of rotatable bonds is 3. The van der Waals surface area contributed by atoms with Crippen LogP contribution in [0.4, 0.5) is 4.79 Å². The maximum atomic E-state index is 12.3. The lowest BCUT2D eigenvalue weighted by Gasteiger charge is -2.26. The Morgan fingerprint density at radius 3 is 3.10 bits per heavy atom. The first-order chi connectivity index (χ1) is 10.1. The van der Waals surface area contributed by atoms with Crippen LogP contribution in [-0.2, 0) is 11.2 Å². The highest BCUT2D eigenvalue weighted by Crippen LogP contribution is 2.33. The lowest BCUT2D eigenvalue weighted by Crippen LogP contribution is -2.41. The van der Waals surface area contributed by atoms with Gasteiger partial charge < -0.3 is 15.3 Å². The third-order valence-electron chi connectivity index (χ3n) is 4.39. The van der Waals surface area contributed by atoms with E-state index in [2.05, 4.69) is 16.8 Å². The molecule has 0 bridgehead atoms. The van der Waals surface area contributed by atoms with Gasteiger partial charge in [-0.05, 0) is 48.6 Å². The van der Waals surface area contributed by atoms with Gasteiger partial charge >= 0.3 is 12.0 Å². The minimum atomic E-state index is -0.780. The SMILES string of the molecule is O=C(O)CC1CCN(C(=O)NC2CCCc3sccc32)C1. The number of carboxylic acids is 1. The molecular formula is C15H20N2O3S. The number of carbonyl (C=O) groups excluding carboxylic acids is 1. The number of urea groups is 1. The number of hydrogen-bond donors (Lipinski definition) is 2. The summed E-state index contributed by atoms with van der Waals surface area (Å²) < 4.78 is 0. The molecule has 2 N–H and O–H groups in total. The van der Waals surface area contributed by atoms with Gasteiger partial charge in [0, 0.05) is 24.4 Å². The summed E-state index contributed by atoms with van der Waals surface area (Å²) in [6.07, 6.45) is 4.15. The number of nitrogens with zero attached hydrogens (tertiary/aromatic N) is 1. The summed E-state index contributed by atoms with van der Waals surface area (Å²) in [6.45, 7) is 1.22.